The fourth-order valence-electron chi connectivity index (χ4n) is 5.22. The van der Waals surface area contributed by atoms with E-state index in [0.29, 0.717) is 42.7 Å². The van der Waals surface area contributed by atoms with Gasteiger partial charge in [-0.2, -0.15) is 5.10 Å². The van der Waals surface area contributed by atoms with Crippen LogP contribution in [0.1, 0.15) is 41.4 Å². The lowest BCUT2D eigenvalue weighted by Crippen LogP contribution is -2.39. The smallest absolute Gasteiger partial charge is 0.269 e. The summed E-state index contributed by atoms with van der Waals surface area (Å²) in [7, 11) is 0. The van der Waals surface area contributed by atoms with E-state index in [0.717, 1.165) is 37.1 Å². The van der Waals surface area contributed by atoms with E-state index in [1.54, 1.807) is 29.2 Å². The van der Waals surface area contributed by atoms with Crippen LogP contribution in [0.2, 0.25) is 0 Å². The minimum absolute atomic E-state index is 0.0562. The van der Waals surface area contributed by atoms with Crippen molar-refractivity contribution in [2.45, 2.75) is 25.2 Å². The van der Waals surface area contributed by atoms with Gasteiger partial charge in [0, 0.05) is 31.6 Å². The second-order valence-electron chi connectivity index (χ2n) is 9.24. The summed E-state index contributed by atoms with van der Waals surface area (Å²) in [5.74, 6) is -1.48. The Balaban J connectivity index is 1.41. The van der Waals surface area contributed by atoms with E-state index in [2.05, 4.69) is 11.9 Å². The molecule has 2 aliphatic heterocycles. The van der Waals surface area contributed by atoms with Crippen LogP contribution in [-0.4, -0.2) is 46.1 Å². The number of carbonyl (C=O) groups is 2. The third-order valence-corrected chi connectivity index (χ3v) is 7.05. The molecular weight excluding hydrogens is 480 g/mol. The maximum absolute atomic E-state index is 14.0. The first-order chi connectivity index (χ1) is 17.9. The quantitative estimate of drug-likeness (QED) is 0.483. The highest BCUT2D eigenvalue weighted by molar-refractivity contribution is 5.98. The highest BCUT2D eigenvalue weighted by Crippen LogP contribution is 2.42. The molecule has 0 radical (unpaired) electrons. The van der Waals surface area contributed by atoms with E-state index in [-0.39, 0.29) is 23.3 Å². The molecule has 3 N–H and O–H groups in total. The summed E-state index contributed by atoms with van der Waals surface area (Å²) in [4.78, 5) is 26.3. The number of fused-ring (bicyclic) bond motifs is 1. The number of nitrogens with zero attached hydrogens (tertiary/aromatic N) is 3. The number of carbonyl (C=O) groups excluding carboxylic acids is 2. The third kappa shape index (κ3) is 4.78. The Morgan fingerprint density at radius 2 is 1.84 bits per heavy atom. The summed E-state index contributed by atoms with van der Waals surface area (Å²) in [6, 6.07) is 9.69. The van der Waals surface area contributed by atoms with Gasteiger partial charge in [0.05, 0.1) is 17.1 Å². The van der Waals surface area contributed by atoms with Crippen LogP contribution in [-0.2, 0) is 4.79 Å². The molecule has 2 aliphatic rings. The minimum Gasteiger partial charge on any atom is -0.454 e. The van der Waals surface area contributed by atoms with Gasteiger partial charge in [-0.15, -0.1) is 0 Å². The summed E-state index contributed by atoms with van der Waals surface area (Å²) in [6.45, 7) is 5.58. The fraction of sp³-hybridized carbons (Fsp3) is 0.296. The monoisotopic (exact) mass is 507 g/mol. The topological polar surface area (TPSA) is 102 Å². The Hall–Kier alpha value is -4.21. The molecule has 3 aromatic rings. The first-order valence-corrected chi connectivity index (χ1v) is 12.2. The number of ether oxygens (including phenoxy) is 1. The summed E-state index contributed by atoms with van der Waals surface area (Å²) < 4.78 is 34.2. The number of nitrogens with one attached hydrogen (secondary N) is 1. The van der Waals surface area contributed by atoms with Crippen LogP contribution in [0, 0.1) is 17.6 Å². The van der Waals surface area contributed by atoms with Crippen LogP contribution >= 0.6 is 0 Å². The molecule has 1 fully saturated rings. The number of halogens is 2. The van der Waals surface area contributed by atoms with Crippen molar-refractivity contribution >= 4 is 17.5 Å². The van der Waals surface area contributed by atoms with Crippen LogP contribution in [0.4, 0.5) is 14.5 Å². The van der Waals surface area contributed by atoms with Gasteiger partial charge in [-0.3, -0.25) is 9.59 Å². The highest BCUT2D eigenvalue weighted by Gasteiger charge is 2.36. The molecule has 37 heavy (non-hydrogen) atoms. The number of benzene rings is 2. The predicted molar refractivity (Wildman–Crippen MR) is 134 cm³/mol. The molecular formula is C27H27F2N5O3. The van der Waals surface area contributed by atoms with Crippen LogP contribution in [0.15, 0.2) is 55.1 Å². The number of aromatic nitrogens is 2. The number of hydrogen-bond donors (Lipinski definition) is 2. The van der Waals surface area contributed by atoms with Crippen molar-refractivity contribution in [1.29, 1.82) is 0 Å². The molecule has 0 aliphatic carbocycles. The molecule has 5 rings (SSSR count). The summed E-state index contributed by atoms with van der Waals surface area (Å²) in [6.07, 6.45) is 3.89. The zero-order valence-electron chi connectivity index (χ0n) is 20.1. The van der Waals surface area contributed by atoms with Gasteiger partial charge in [0.25, 0.3) is 5.91 Å². The highest BCUT2D eigenvalue weighted by atomic mass is 19.1. The Morgan fingerprint density at radius 1 is 1.11 bits per heavy atom. The summed E-state index contributed by atoms with van der Waals surface area (Å²) in [5.41, 5.74) is 8.06. The standard InChI is InChI=1S/C27H27F2N5O3/c1-2-23(35)33-13-10-16(11-14-33)20-9-12-31-25-24(20)32-34(26(25)27(30)36)18-4-6-19(7-5-18)37-22-8-3-17(28)15-21(22)29/h2-8,15-16,20,31H,1,9-14H2,(H2,30,36)/t20-/m0/s1. The Morgan fingerprint density at radius 3 is 2.49 bits per heavy atom. The molecule has 1 aromatic heterocycles. The zero-order valence-corrected chi connectivity index (χ0v) is 20.1. The van der Waals surface area contributed by atoms with Gasteiger partial charge in [0.1, 0.15) is 11.6 Å². The van der Waals surface area contributed by atoms with Crippen LogP contribution < -0.4 is 15.8 Å². The largest absolute Gasteiger partial charge is 0.454 e. The van der Waals surface area contributed by atoms with Crippen molar-refractivity contribution in [2.24, 2.45) is 11.7 Å². The van der Waals surface area contributed by atoms with Crippen LogP contribution in [0.3, 0.4) is 0 Å². The molecule has 192 valence electrons. The van der Waals surface area contributed by atoms with Gasteiger partial charge < -0.3 is 20.7 Å². The van der Waals surface area contributed by atoms with Crippen LogP contribution in [0.5, 0.6) is 11.5 Å². The third-order valence-electron chi connectivity index (χ3n) is 7.05. The summed E-state index contributed by atoms with van der Waals surface area (Å²) >= 11 is 0. The molecule has 10 heteroatoms. The minimum atomic E-state index is -0.809. The molecule has 2 aromatic carbocycles. The molecule has 2 amide bonds. The maximum Gasteiger partial charge on any atom is 0.269 e. The van der Waals surface area contributed by atoms with Gasteiger partial charge in [0.2, 0.25) is 5.91 Å². The summed E-state index contributed by atoms with van der Waals surface area (Å²) in [5, 5.41) is 8.12. The van der Waals surface area contributed by atoms with Crippen molar-refractivity contribution in [2.75, 3.05) is 25.0 Å². The zero-order chi connectivity index (χ0) is 26.1. The van der Waals surface area contributed by atoms with E-state index < -0.39 is 17.5 Å². The lowest BCUT2D eigenvalue weighted by atomic mass is 9.78. The van der Waals surface area contributed by atoms with E-state index >= 15 is 0 Å². The van der Waals surface area contributed by atoms with E-state index in [1.165, 1.54) is 16.8 Å². The normalized spacial score (nSPS) is 17.6. The number of primary amides is 1. The first kappa shape index (κ1) is 24.5. The number of rotatable bonds is 6. The van der Waals surface area contributed by atoms with Crippen molar-refractivity contribution in [3.05, 3.63) is 78.1 Å². The molecule has 0 unspecified atom stereocenters. The van der Waals surface area contributed by atoms with Gasteiger partial charge in [-0.1, -0.05) is 6.58 Å². The average molecular weight is 508 g/mol. The lowest BCUT2D eigenvalue weighted by molar-refractivity contribution is -0.127. The van der Waals surface area contributed by atoms with Gasteiger partial charge >= 0.3 is 0 Å². The Kier molecular flexibility index (Phi) is 6.64. The number of hydrogen-bond acceptors (Lipinski definition) is 5. The molecule has 0 saturated carbocycles. The van der Waals surface area contributed by atoms with Crippen molar-refractivity contribution in [3.63, 3.8) is 0 Å². The van der Waals surface area contributed by atoms with Gasteiger partial charge in [0.15, 0.2) is 17.3 Å². The average Bonchev–Trinajstić information content (AvgIpc) is 3.30. The number of likely N-dealkylation sites (tertiary alicyclic amines) is 1. The Bertz CT molecular complexity index is 1350. The maximum atomic E-state index is 14.0. The second-order valence-corrected chi connectivity index (χ2v) is 9.24. The molecule has 0 bridgehead atoms. The number of nitrogens with two attached hydrogens (primary N) is 1. The van der Waals surface area contributed by atoms with E-state index in [9.17, 15) is 18.4 Å². The number of amides is 2. The van der Waals surface area contributed by atoms with Crippen LogP contribution in [0.25, 0.3) is 5.69 Å². The molecule has 1 atom stereocenters. The Labute approximate surface area is 212 Å². The van der Waals surface area contributed by atoms with Crippen molar-refractivity contribution in [3.8, 4) is 17.2 Å². The first-order valence-electron chi connectivity index (χ1n) is 12.2. The van der Waals surface area contributed by atoms with E-state index in [4.69, 9.17) is 15.6 Å². The number of anilines is 1. The van der Waals surface area contributed by atoms with Crippen molar-refractivity contribution in [1.82, 2.24) is 14.7 Å². The fourth-order valence-corrected chi connectivity index (χ4v) is 5.22. The number of piperidine rings is 1. The second kappa shape index (κ2) is 10.0. The van der Waals surface area contributed by atoms with Gasteiger partial charge in [-0.25, -0.2) is 13.5 Å². The molecule has 3 heterocycles. The van der Waals surface area contributed by atoms with Gasteiger partial charge in [-0.05, 0) is 67.7 Å². The van der Waals surface area contributed by atoms with E-state index in [1.807, 2.05) is 0 Å². The predicted octanol–water partition coefficient (Wildman–Crippen LogP) is 4.37. The lowest BCUT2D eigenvalue weighted by Gasteiger charge is -2.37. The SMILES string of the molecule is C=CC(=O)N1CCC([C@@H]2CCNc3c2nn(-c2ccc(Oc4ccc(F)cc4F)cc2)c3C(N)=O)CC1. The molecule has 1 saturated heterocycles. The molecule has 0 spiro atoms. The molecule has 8 nitrogen and oxygen atoms in total. The van der Waals surface area contributed by atoms with Crippen molar-refractivity contribution < 1.29 is 23.1 Å².